The smallest absolute Gasteiger partial charge is 0.343 e. The maximum absolute atomic E-state index is 12.5. The SMILES string of the molecule is [CH2-]CC(C)(C)c1[c-]cc(C)c(C2(C)C(=O)CCC2C)c1.[W+2]. The van der Waals surface area contributed by atoms with Crippen molar-refractivity contribution in [2.45, 2.75) is 64.7 Å². The molecule has 0 amide bonds. The van der Waals surface area contributed by atoms with Crippen LogP contribution in [-0.4, -0.2) is 5.78 Å². The van der Waals surface area contributed by atoms with Gasteiger partial charge in [-0.05, 0) is 12.3 Å². The van der Waals surface area contributed by atoms with E-state index in [4.69, 9.17) is 0 Å². The summed E-state index contributed by atoms with van der Waals surface area (Å²) in [5.41, 5.74) is 3.22. The van der Waals surface area contributed by atoms with Crippen LogP contribution >= 0.6 is 0 Å². The predicted octanol–water partition coefficient (Wildman–Crippen LogP) is 4.55. The van der Waals surface area contributed by atoms with Crippen molar-refractivity contribution in [3.05, 3.63) is 41.8 Å². The topological polar surface area (TPSA) is 17.1 Å². The zero-order valence-corrected chi connectivity index (χ0v) is 16.8. The summed E-state index contributed by atoms with van der Waals surface area (Å²) in [7, 11) is 0. The molecular weight excluding hydrogens is 428 g/mol. The Kier molecular flexibility index (Phi) is 5.65. The maximum Gasteiger partial charge on any atom is 2.00 e. The molecule has 2 atom stereocenters. The van der Waals surface area contributed by atoms with Gasteiger partial charge in [0.2, 0.25) is 0 Å². The van der Waals surface area contributed by atoms with Crippen LogP contribution in [0.15, 0.2) is 12.1 Å². The summed E-state index contributed by atoms with van der Waals surface area (Å²) < 4.78 is 0. The Morgan fingerprint density at radius 2 is 2.10 bits per heavy atom. The molecule has 0 spiro atoms. The summed E-state index contributed by atoms with van der Waals surface area (Å²) in [5.74, 6) is 0.796. The molecule has 21 heavy (non-hydrogen) atoms. The molecule has 1 aliphatic carbocycles. The molecule has 1 aliphatic rings. The van der Waals surface area contributed by atoms with Gasteiger partial charge in [-0.2, -0.15) is 35.7 Å². The first-order chi connectivity index (χ1) is 9.23. The standard InChI is InChI=1S/C19H26O.W/c1-7-18(4,5)15-10-8-13(2)16(12-15)19(6)14(3)9-11-17(19)20;/h8,12,14H,1,7,9,11H2,2-6H3;/q-2;+2. The van der Waals surface area contributed by atoms with E-state index in [0.29, 0.717) is 18.1 Å². The van der Waals surface area contributed by atoms with E-state index in [-0.39, 0.29) is 31.9 Å². The van der Waals surface area contributed by atoms with Crippen molar-refractivity contribution in [2.24, 2.45) is 5.92 Å². The van der Waals surface area contributed by atoms with Crippen molar-refractivity contribution in [3.63, 3.8) is 0 Å². The molecule has 0 radical (unpaired) electrons. The minimum Gasteiger partial charge on any atom is -0.343 e. The molecule has 2 unspecified atom stereocenters. The summed E-state index contributed by atoms with van der Waals surface area (Å²) in [5, 5.41) is 0. The Morgan fingerprint density at radius 1 is 1.48 bits per heavy atom. The van der Waals surface area contributed by atoms with Crippen LogP contribution < -0.4 is 0 Å². The first kappa shape index (κ1) is 18.6. The number of carbonyl (C=O) groups excluding carboxylic acids is 1. The van der Waals surface area contributed by atoms with E-state index in [1.54, 1.807) is 0 Å². The van der Waals surface area contributed by atoms with Crippen molar-refractivity contribution in [3.8, 4) is 0 Å². The number of carbonyl (C=O) groups is 1. The number of rotatable bonds is 3. The Hall–Kier alpha value is -0.422. The van der Waals surface area contributed by atoms with Crippen molar-refractivity contribution >= 4 is 5.78 Å². The largest absolute Gasteiger partial charge is 2.00 e. The molecular formula is C19H26OW. The van der Waals surface area contributed by atoms with Gasteiger partial charge < -0.3 is 6.92 Å². The van der Waals surface area contributed by atoms with Gasteiger partial charge in [-0.3, -0.25) is 4.79 Å². The van der Waals surface area contributed by atoms with Crippen LogP contribution in [0.1, 0.15) is 63.6 Å². The third kappa shape index (κ3) is 3.04. The summed E-state index contributed by atoms with van der Waals surface area (Å²) in [6.45, 7) is 14.8. The van der Waals surface area contributed by atoms with Gasteiger partial charge in [-0.25, -0.2) is 0 Å². The zero-order valence-electron chi connectivity index (χ0n) is 13.9. The van der Waals surface area contributed by atoms with Crippen LogP contribution in [0.3, 0.4) is 0 Å². The van der Waals surface area contributed by atoms with E-state index in [1.165, 1.54) is 16.7 Å². The normalized spacial score (nSPS) is 25.8. The average Bonchev–Trinajstić information content (AvgIpc) is 2.67. The monoisotopic (exact) mass is 454 g/mol. The van der Waals surface area contributed by atoms with Crippen molar-refractivity contribution in [2.75, 3.05) is 0 Å². The third-order valence-corrected chi connectivity index (χ3v) is 5.44. The molecule has 1 saturated carbocycles. The molecule has 0 aromatic heterocycles. The second kappa shape index (κ2) is 6.37. The second-order valence-electron chi connectivity index (χ2n) is 7.14. The number of aryl methyl sites for hydroxylation is 1. The fourth-order valence-electron chi connectivity index (χ4n) is 3.23. The third-order valence-electron chi connectivity index (χ3n) is 5.44. The number of hydrogen-bond acceptors (Lipinski definition) is 1. The zero-order chi connectivity index (χ0) is 15.1. The number of ketones is 1. The molecule has 1 aromatic carbocycles. The first-order valence-electron chi connectivity index (χ1n) is 7.59. The Labute approximate surface area is 144 Å². The quantitative estimate of drug-likeness (QED) is 0.613. The summed E-state index contributed by atoms with van der Waals surface area (Å²) in [4.78, 5) is 12.5. The van der Waals surface area contributed by atoms with Gasteiger partial charge in [0.15, 0.2) is 0 Å². The fourth-order valence-corrected chi connectivity index (χ4v) is 3.23. The van der Waals surface area contributed by atoms with Gasteiger partial charge in [0, 0.05) is 11.8 Å². The maximum atomic E-state index is 12.5. The van der Waals surface area contributed by atoms with Gasteiger partial charge >= 0.3 is 21.1 Å². The van der Waals surface area contributed by atoms with Crippen molar-refractivity contribution in [1.82, 2.24) is 0 Å². The van der Waals surface area contributed by atoms with E-state index >= 15 is 0 Å². The van der Waals surface area contributed by atoms with Gasteiger partial charge in [-0.1, -0.05) is 40.0 Å². The summed E-state index contributed by atoms with van der Waals surface area (Å²) in [6.07, 6.45) is 2.54. The van der Waals surface area contributed by atoms with Crippen LogP contribution in [0, 0.1) is 25.8 Å². The Morgan fingerprint density at radius 3 is 2.57 bits per heavy atom. The molecule has 1 fully saturated rings. The van der Waals surface area contributed by atoms with E-state index in [0.717, 1.165) is 12.8 Å². The van der Waals surface area contributed by atoms with Crippen molar-refractivity contribution in [1.29, 1.82) is 0 Å². The van der Waals surface area contributed by atoms with Crippen LogP contribution in [0.25, 0.3) is 0 Å². The molecule has 2 heteroatoms. The number of hydrogen-bond donors (Lipinski definition) is 0. The van der Waals surface area contributed by atoms with Gasteiger partial charge in [0.05, 0.1) is 0 Å². The molecule has 1 nitrogen and oxygen atoms in total. The van der Waals surface area contributed by atoms with E-state index < -0.39 is 0 Å². The molecule has 0 aliphatic heterocycles. The summed E-state index contributed by atoms with van der Waals surface area (Å²) in [6, 6.07) is 7.64. The molecule has 0 saturated heterocycles. The summed E-state index contributed by atoms with van der Waals surface area (Å²) >= 11 is 0. The van der Waals surface area contributed by atoms with Crippen LogP contribution in [0.4, 0.5) is 0 Å². The molecule has 114 valence electrons. The van der Waals surface area contributed by atoms with Gasteiger partial charge in [-0.15, -0.1) is 5.56 Å². The minimum atomic E-state index is -0.328. The van der Waals surface area contributed by atoms with E-state index in [9.17, 15) is 4.79 Å². The van der Waals surface area contributed by atoms with E-state index in [2.05, 4.69) is 53.7 Å². The molecule has 0 heterocycles. The van der Waals surface area contributed by atoms with Crippen LogP contribution in [0.2, 0.25) is 0 Å². The number of benzene rings is 1. The molecule has 2 rings (SSSR count). The fraction of sp³-hybridized carbons (Fsp3) is 0.579. The van der Waals surface area contributed by atoms with Crippen molar-refractivity contribution < 1.29 is 25.9 Å². The Bertz CT molecular complexity index is 532. The molecule has 0 N–H and O–H groups in total. The Balaban J connectivity index is 0.00000220. The van der Waals surface area contributed by atoms with Crippen LogP contribution in [0.5, 0.6) is 0 Å². The average molecular weight is 454 g/mol. The molecule has 0 bridgehead atoms. The second-order valence-corrected chi connectivity index (χ2v) is 7.14. The first-order valence-corrected chi connectivity index (χ1v) is 7.59. The van der Waals surface area contributed by atoms with Gasteiger partial charge in [0.25, 0.3) is 0 Å². The minimum absolute atomic E-state index is 0. The predicted molar refractivity (Wildman–Crippen MR) is 83.8 cm³/mol. The number of Topliss-reactive ketones (excluding diaryl/α,β-unsaturated/α-hetero) is 1. The van der Waals surface area contributed by atoms with E-state index in [1.807, 2.05) is 6.07 Å². The van der Waals surface area contributed by atoms with Gasteiger partial charge in [0.1, 0.15) is 5.78 Å². The molecule has 1 aromatic rings. The van der Waals surface area contributed by atoms with Crippen LogP contribution in [-0.2, 0) is 36.7 Å².